The van der Waals surface area contributed by atoms with Crippen molar-refractivity contribution in [3.05, 3.63) is 0 Å². The Labute approximate surface area is 114 Å². The maximum Gasteiger partial charge on any atom is 0.317 e. The van der Waals surface area contributed by atoms with Crippen molar-refractivity contribution >= 4 is 12.0 Å². The Morgan fingerprint density at radius 1 is 1.26 bits per heavy atom. The number of hydrogen-bond donors (Lipinski definition) is 2. The first-order chi connectivity index (χ1) is 8.91. The van der Waals surface area contributed by atoms with Gasteiger partial charge in [-0.05, 0) is 19.8 Å². The topological polar surface area (TPSA) is 69.6 Å². The van der Waals surface area contributed by atoms with E-state index in [1.165, 1.54) is 19.3 Å². The second-order valence-corrected chi connectivity index (χ2v) is 6.34. The van der Waals surface area contributed by atoms with Crippen LogP contribution in [0.3, 0.4) is 0 Å². The summed E-state index contributed by atoms with van der Waals surface area (Å²) in [5, 5.41) is 12.1. The van der Waals surface area contributed by atoms with Crippen LogP contribution >= 0.6 is 0 Å². The van der Waals surface area contributed by atoms with Crippen LogP contribution in [-0.4, -0.2) is 40.6 Å². The van der Waals surface area contributed by atoms with Crippen LogP contribution in [0.1, 0.15) is 46.0 Å². The monoisotopic (exact) mass is 268 g/mol. The molecule has 1 unspecified atom stereocenters. The van der Waals surface area contributed by atoms with Gasteiger partial charge in [-0.1, -0.05) is 26.2 Å². The molecular formula is C14H24N2O3. The molecule has 1 aliphatic heterocycles. The number of carboxylic acids is 1. The van der Waals surface area contributed by atoms with Crippen molar-refractivity contribution in [3.63, 3.8) is 0 Å². The van der Waals surface area contributed by atoms with Crippen LogP contribution in [-0.2, 0) is 4.79 Å². The molecule has 1 saturated heterocycles. The molecule has 0 aromatic carbocycles. The first-order valence-corrected chi connectivity index (χ1v) is 7.21. The fourth-order valence-electron chi connectivity index (χ4n) is 2.99. The van der Waals surface area contributed by atoms with Crippen molar-refractivity contribution in [3.8, 4) is 0 Å². The van der Waals surface area contributed by atoms with E-state index in [0.717, 1.165) is 12.8 Å². The van der Waals surface area contributed by atoms with E-state index < -0.39 is 5.97 Å². The Balaban J connectivity index is 1.78. The molecule has 2 amide bonds. The van der Waals surface area contributed by atoms with E-state index in [1.807, 2.05) is 0 Å². The highest BCUT2D eigenvalue weighted by atomic mass is 16.4. The average Bonchev–Trinajstić information content (AvgIpc) is 2.26. The fourth-order valence-corrected chi connectivity index (χ4v) is 2.99. The molecule has 2 rings (SSSR count). The zero-order chi connectivity index (χ0) is 14.0. The fraction of sp³-hybridized carbons (Fsp3) is 0.857. The number of hydrogen-bond acceptors (Lipinski definition) is 2. The third-order valence-corrected chi connectivity index (χ3v) is 4.66. The number of carbonyl (C=O) groups is 2. The Hall–Kier alpha value is -1.26. The molecule has 1 atom stereocenters. The number of nitrogens with one attached hydrogen (secondary N) is 1. The Morgan fingerprint density at radius 2 is 1.84 bits per heavy atom. The molecule has 0 bridgehead atoms. The molecule has 5 nitrogen and oxygen atoms in total. The highest BCUT2D eigenvalue weighted by Gasteiger charge is 2.39. The van der Waals surface area contributed by atoms with Crippen molar-refractivity contribution in [1.82, 2.24) is 10.2 Å². The van der Waals surface area contributed by atoms with Crippen LogP contribution < -0.4 is 5.32 Å². The number of amides is 2. The molecule has 0 radical (unpaired) electrons. The minimum Gasteiger partial charge on any atom is -0.481 e. The first-order valence-electron chi connectivity index (χ1n) is 7.21. The number of likely N-dealkylation sites (tertiary alicyclic amines) is 1. The second kappa shape index (κ2) is 5.39. The third-order valence-electron chi connectivity index (χ3n) is 4.66. The number of rotatable bonds is 3. The van der Waals surface area contributed by atoms with Crippen LogP contribution in [0.4, 0.5) is 4.79 Å². The molecule has 1 heterocycles. The lowest BCUT2D eigenvalue weighted by Crippen LogP contribution is -2.60. The van der Waals surface area contributed by atoms with Gasteiger partial charge in [0.15, 0.2) is 0 Å². The van der Waals surface area contributed by atoms with Crippen LogP contribution in [0.15, 0.2) is 0 Å². The van der Waals surface area contributed by atoms with Gasteiger partial charge in [0.2, 0.25) is 0 Å². The molecule has 19 heavy (non-hydrogen) atoms. The predicted molar refractivity (Wildman–Crippen MR) is 71.9 cm³/mol. The van der Waals surface area contributed by atoms with Crippen LogP contribution in [0.5, 0.6) is 0 Å². The molecule has 1 aliphatic carbocycles. The molecule has 2 N–H and O–H groups in total. The van der Waals surface area contributed by atoms with E-state index in [-0.39, 0.29) is 23.4 Å². The van der Waals surface area contributed by atoms with E-state index in [1.54, 1.807) is 11.8 Å². The maximum atomic E-state index is 12.1. The average molecular weight is 268 g/mol. The van der Waals surface area contributed by atoms with Crippen molar-refractivity contribution in [1.29, 1.82) is 0 Å². The minimum atomic E-state index is -0.774. The van der Waals surface area contributed by atoms with Gasteiger partial charge in [0, 0.05) is 24.5 Å². The molecule has 108 valence electrons. The summed E-state index contributed by atoms with van der Waals surface area (Å²) in [5.41, 5.74) is -0.0706. The Morgan fingerprint density at radius 3 is 2.37 bits per heavy atom. The lowest BCUT2D eigenvalue weighted by molar-refractivity contribution is -0.144. The van der Waals surface area contributed by atoms with E-state index in [4.69, 9.17) is 5.11 Å². The van der Waals surface area contributed by atoms with E-state index in [2.05, 4.69) is 12.2 Å². The van der Waals surface area contributed by atoms with Crippen molar-refractivity contribution in [2.24, 2.45) is 11.8 Å². The largest absolute Gasteiger partial charge is 0.481 e. The lowest BCUT2D eigenvalue weighted by Gasteiger charge is -2.44. The molecule has 0 aromatic heterocycles. The van der Waals surface area contributed by atoms with E-state index >= 15 is 0 Å². The molecule has 0 aromatic rings. The SMILES string of the molecule is CC(C(=O)O)C1CN(C(=O)NC2(C)CCCCC2)C1. The van der Waals surface area contributed by atoms with Gasteiger partial charge in [-0.15, -0.1) is 0 Å². The zero-order valence-corrected chi connectivity index (χ0v) is 11.8. The number of carbonyl (C=O) groups excluding carboxylic acids is 1. The third kappa shape index (κ3) is 3.19. The summed E-state index contributed by atoms with van der Waals surface area (Å²) in [4.78, 5) is 24.7. The van der Waals surface area contributed by atoms with Gasteiger partial charge in [0.25, 0.3) is 0 Å². The predicted octanol–water partition coefficient (Wildman–Crippen LogP) is 2.07. The Bertz CT molecular complexity index is 358. The van der Waals surface area contributed by atoms with Gasteiger partial charge in [-0.3, -0.25) is 4.79 Å². The zero-order valence-electron chi connectivity index (χ0n) is 11.8. The number of nitrogens with zero attached hydrogens (tertiary/aromatic N) is 1. The van der Waals surface area contributed by atoms with Gasteiger partial charge in [-0.25, -0.2) is 4.79 Å². The molecule has 2 fully saturated rings. The number of urea groups is 1. The van der Waals surface area contributed by atoms with Crippen LogP contribution in [0, 0.1) is 11.8 Å². The molecular weight excluding hydrogens is 244 g/mol. The quantitative estimate of drug-likeness (QED) is 0.823. The summed E-state index contributed by atoms with van der Waals surface area (Å²) in [5.74, 6) is -1.04. The standard InChI is InChI=1S/C14H24N2O3/c1-10(12(17)18)11-8-16(9-11)13(19)15-14(2)6-4-3-5-7-14/h10-11H,3-9H2,1-2H3,(H,15,19)(H,17,18). The molecule has 5 heteroatoms. The van der Waals surface area contributed by atoms with Gasteiger partial charge >= 0.3 is 12.0 Å². The summed E-state index contributed by atoms with van der Waals surface area (Å²) in [6.07, 6.45) is 5.70. The van der Waals surface area contributed by atoms with Crippen LogP contribution in [0.25, 0.3) is 0 Å². The first kappa shape index (κ1) is 14.2. The highest BCUT2D eigenvalue weighted by Crippen LogP contribution is 2.29. The van der Waals surface area contributed by atoms with Crippen molar-refractivity contribution < 1.29 is 14.7 Å². The van der Waals surface area contributed by atoms with Crippen LogP contribution in [0.2, 0.25) is 0 Å². The van der Waals surface area contributed by atoms with Gasteiger partial charge in [-0.2, -0.15) is 0 Å². The number of aliphatic carboxylic acids is 1. The molecule has 2 aliphatic rings. The second-order valence-electron chi connectivity index (χ2n) is 6.34. The minimum absolute atomic E-state index is 0.0294. The van der Waals surface area contributed by atoms with Gasteiger partial charge in [0.1, 0.15) is 0 Å². The van der Waals surface area contributed by atoms with Gasteiger partial charge < -0.3 is 15.3 Å². The summed E-state index contributed by atoms with van der Waals surface area (Å²) < 4.78 is 0. The smallest absolute Gasteiger partial charge is 0.317 e. The molecule has 0 spiro atoms. The Kier molecular flexibility index (Phi) is 4.02. The summed E-state index contributed by atoms with van der Waals surface area (Å²) in [7, 11) is 0. The number of carboxylic acid groups (broad SMARTS) is 1. The van der Waals surface area contributed by atoms with Gasteiger partial charge in [0.05, 0.1) is 5.92 Å². The maximum absolute atomic E-state index is 12.1. The lowest BCUT2D eigenvalue weighted by atomic mass is 9.83. The summed E-state index contributed by atoms with van der Waals surface area (Å²) in [6.45, 7) is 4.96. The van der Waals surface area contributed by atoms with E-state index in [0.29, 0.717) is 13.1 Å². The summed E-state index contributed by atoms with van der Waals surface area (Å²) >= 11 is 0. The van der Waals surface area contributed by atoms with Crippen molar-refractivity contribution in [2.45, 2.75) is 51.5 Å². The highest BCUT2D eigenvalue weighted by molar-refractivity contribution is 5.77. The normalized spacial score (nSPS) is 24.4. The van der Waals surface area contributed by atoms with Crippen molar-refractivity contribution in [2.75, 3.05) is 13.1 Å². The molecule has 1 saturated carbocycles. The summed E-state index contributed by atoms with van der Waals surface area (Å²) in [6, 6.07) is -0.0294. The van der Waals surface area contributed by atoms with E-state index in [9.17, 15) is 9.59 Å².